The van der Waals surface area contributed by atoms with E-state index in [-0.39, 0.29) is 41.1 Å². The van der Waals surface area contributed by atoms with Crippen molar-refractivity contribution in [2.75, 3.05) is 5.73 Å². The molecule has 0 aliphatic rings. The van der Waals surface area contributed by atoms with E-state index in [1.807, 2.05) is 60.7 Å². The van der Waals surface area contributed by atoms with E-state index in [0.29, 0.717) is 35.4 Å². The SMILES string of the molecule is Nc1nc2ncn(Cc3ccccc3)c2c(=O)[nH]1.O=N[O-].O=c1[nH]c(=O)c2c(ncn2Cc2ccccc2)[nH]1.[Na+]. The molecule has 4 aromatic heterocycles. The van der Waals surface area contributed by atoms with Crippen molar-refractivity contribution in [3.05, 3.63) is 126 Å². The minimum Gasteiger partial charge on any atom is -0.444 e. The fourth-order valence-corrected chi connectivity index (χ4v) is 3.82. The Morgan fingerprint density at radius 2 is 1.27 bits per heavy atom. The van der Waals surface area contributed by atoms with Gasteiger partial charge in [0.2, 0.25) is 5.95 Å². The van der Waals surface area contributed by atoms with Gasteiger partial charge in [-0.3, -0.25) is 24.5 Å². The fraction of sp³-hybridized carbons (Fsp3) is 0.0833. The number of nitrogens with two attached hydrogens (primary N) is 1. The number of anilines is 1. The summed E-state index contributed by atoms with van der Waals surface area (Å²) in [6, 6.07) is 19.6. The van der Waals surface area contributed by atoms with Gasteiger partial charge in [-0.25, -0.2) is 14.8 Å². The molecule has 2 aromatic carbocycles. The van der Waals surface area contributed by atoms with Crippen LogP contribution in [0.4, 0.5) is 5.95 Å². The van der Waals surface area contributed by atoms with Crippen LogP contribution < -0.4 is 52.1 Å². The van der Waals surface area contributed by atoms with Crippen LogP contribution in [0.15, 0.2) is 93.0 Å². The van der Waals surface area contributed by atoms with Crippen LogP contribution in [0.25, 0.3) is 22.3 Å². The molecular weight excluding hydrogens is 531 g/mol. The number of nitrogens with one attached hydrogen (secondary N) is 3. The van der Waals surface area contributed by atoms with Gasteiger partial charge in [-0.1, -0.05) is 60.7 Å². The molecular formula is C24H21N10NaO5. The Hall–Kier alpha value is -4.86. The standard InChI is InChI=1S/C12H11N5O.C12H10N4O2.HNO2.Na/c13-12-15-10-9(11(18)16-12)17(7-14-10)6-8-4-2-1-3-5-8;17-11-9-10(14-12(18)15-11)13-7-16(9)6-8-4-2-1-3-5-8;2-1-3;/h1-5,7H,6H2,(H3,13,15,16,18);1-5,7H,6H2,(H2,14,15,17,18);(H,2,3);/q;;;+1/p-1. The number of nitrogen functional groups attached to an aromatic ring is 1. The molecule has 0 fully saturated rings. The third-order valence-corrected chi connectivity index (χ3v) is 5.40. The average molecular weight is 552 g/mol. The van der Waals surface area contributed by atoms with Gasteiger partial charge in [0.1, 0.15) is 0 Å². The van der Waals surface area contributed by atoms with Crippen molar-refractivity contribution < 1.29 is 29.6 Å². The maximum atomic E-state index is 11.8. The molecule has 6 rings (SSSR count). The first-order valence-electron chi connectivity index (χ1n) is 11.3. The van der Waals surface area contributed by atoms with Gasteiger partial charge >= 0.3 is 35.2 Å². The van der Waals surface area contributed by atoms with Crippen molar-refractivity contribution in [2.45, 2.75) is 13.1 Å². The Morgan fingerprint density at radius 3 is 1.85 bits per heavy atom. The maximum absolute atomic E-state index is 11.8. The minimum absolute atomic E-state index is 0. The number of nitrogens with zero attached hydrogens (tertiary/aromatic N) is 6. The summed E-state index contributed by atoms with van der Waals surface area (Å²) in [5.41, 5.74) is 7.86. The van der Waals surface area contributed by atoms with E-state index in [0.717, 1.165) is 16.5 Å². The Labute approximate surface area is 246 Å². The average Bonchev–Trinajstić information content (AvgIpc) is 3.50. The van der Waals surface area contributed by atoms with E-state index in [1.165, 1.54) is 0 Å². The van der Waals surface area contributed by atoms with Gasteiger partial charge in [0.25, 0.3) is 11.1 Å². The number of fused-ring (bicyclic) bond motifs is 2. The van der Waals surface area contributed by atoms with Gasteiger partial charge in [0.15, 0.2) is 22.3 Å². The number of H-pyrrole nitrogens is 3. The topological polar surface area (TPSA) is 226 Å². The molecule has 0 amide bonds. The van der Waals surface area contributed by atoms with Crippen molar-refractivity contribution in [3.8, 4) is 0 Å². The van der Waals surface area contributed by atoms with Crippen molar-refractivity contribution in [1.29, 1.82) is 0 Å². The van der Waals surface area contributed by atoms with Crippen LogP contribution in [0, 0.1) is 10.1 Å². The molecule has 0 aliphatic carbocycles. The summed E-state index contributed by atoms with van der Waals surface area (Å²) < 4.78 is 3.47. The van der Waals surface area contributed by atoms with Crippen LogP contribution in [0.1, 0.15) is 11.1 Å². The molecule has 16 heteroatoms. The summed E-state index contributed by atoms with van der Waals surface area (Å²) in [6.07, 6.45) is 3.14. The summed E-state index contributed by atoms with van der Waals surface area (Å²) in [4.78, 5) is 62.0. The van der Waals surface area contributed by atoms with E-state index in [9.17, 15) is 14.4 Å². The summed E-state index contributed by atoms with van der Waals surface area (Å²) in [5.74, 6) is 0.0810. The molecule has 0 bridgehead atoms. The largest absolute Gasteiger partial charge is 1.00 e. The zero-order valence-electron chi connectivity index (χ0n) is 21.1. The van der Waals surface area contributed by atoms with E-state index in [1.54, 1.807) is 21.8 Å². The van der Waals surface area contributed by atoms with Gasteiger partial charge in [-0.15, -0.1) is 5.34 Å². The number of rotatable bonds is 4. The van der Waals surface area contributed by atoms with Gasteiger partial charge < -0.3 is 25.0 Å². The predicted molar refractivity (Wildman–Crippen MR) is 144 cm³/mol. The zero-order chi connectivity index (χ0) is 27.8. The molecule has 40 heavy (non-hydrogen) atoms. The van der Waals surface area contributed by atoms with Crippen molar-refractivity contribution in [1.82, 2.24) is 39.0 Å². The first-order chi connectivity index (χ1) is 18.9. The maximum Gasteiger partial charge on any atom is 1.00 e. The normalized spacial score (nSPS) is 10.1. The first-order valence-corrected chi connectivity index (χ1v) is 11.3. The number of aromatic amines is 3. The third-order valence-electron chi connectivity index (χ3n) is 5.40. The number of hydrogen-bond donors (Lipinski definition) is 4. The van der Waals surface area contributed by atoms with Gasteiger partial charge in [-0.2, -0.15) is 4.98 Å². The Balaban J connectivity index is 0.000000197. The second-order valence-electron chi connectivity index (χ2n) is 8.02. The van der Waals surface area contributed by atoms with Crippen LogP contribution in [-0.2, 0) is 13.1 Å². The molecule has 15 nitrogen and oxygen atoms in total. The molecule has 6 aromatic rings. The van der Waals surface area contributed by atoms with Gasteiger partial charge in [0, 0.05) is 13.1 Å². The second-order valence-corrected chi connectivity index (χ2v) is 8.02. The molecule has 5 N–H and O–H groups in total. The molecule has 0 saturated carbocycles. The number of aromatic nitrogens is 8. The Bertz CT molecular complexity index is 1880. The summed E-state index contributed by atoms with van der Waals surface area (Å²) >= 11 is 0. The monoisotopic (exact) mass is 552 g/mol. The van der Waals surface area contributed by atoms with Crippen LogP contribution in [0.3, 0.4) is 0 Å². The molecule has 4 heterocycles. The molecule has 0 saturated heterocycles. The van der Waals surface area contributed by atoms with E-state index < -0.39 is 11.2 Å². The second kappa shape index (κ2) is 13.8. The molecule has 0 radical (unpaired) electrons. The van der Waals surface area contributed by atoms with Crippen LogP contribution in [0.2, 0.25) is 0 Å². The smallest absolute Gasteiger partial charge is 0.444 e. The Morgan fingerprint density at radius 1 is 0.775 bits per heavy atom. The first kappa shape index (κ1) is 29.7. The predicted octanol–water partition coefficient (Wildman–Crippen LogP) is -1.53. The van der Waals surface area contributed by atoms with Crippen LogP contribution in [0.5, 0.6) is 0 Å². The van der Waals surface area contributed by atoms with E-state index in [4.69, 9.17) is 15.8 Å². The van der Waals surface area contributed by atoms with E-state index >= 15 is 0 Å². The van der Waals surface area contributed by atoms with Crippen LogP contribution in [-0.4, -0.2) is 39.0 Å². The number of benzene rings is 2. The van der Waals surface area contributed by atoms with Gasteiger partial charge in [0.05, 0.1) is 12.7 Å². The molecule has 0 unspecified atom stereocenters. The molecule has 198 valence electrons. The zero-order valence-corrected chi connectivity index (χ0v) is 23.1. The summed E-state index contributed by atoms with van der Waals surface area (Å²) in [5, 5.41) is 9.00. The molecule has 0 aliphatic heterocycles. The van der Waals surface area contributed by atoms with Crippen LogP contribution >= 0.6 is 0 Å². The molecule has 0 spiro atoms. The summed E-state index contributed by atoms with van der Waals surface area (Å²) in [6.45, 7) is 1.11. The number of imidazole rings is 2. The van der Waals surface area contributed by atoms with E-state index in [2.05, 4.69) is 29.9 Å². The minimum atomic E-state index is -0.544. The van der Waals surface area contributed by atoms with Crippen molar-refractivity contribution >= 4 is 28.3 Å². The fourth-order valence-electron chi connectivity index (χ4n) is 3.82. The summed E-state index contributed by atoms with van der Waals surface area (Å²) in [7, 11) is 0. The van der Waals surface area contributed by atoms with Gasteiger partial charge in [-0.05, 0) is 11.1 Å². The molecule has 0 atom stereocenters. The Kier molecular flexibility index (Phi) is 10.2. The van der Waals surface area contributed by atoms with Crippen molar-refractivity contribution in [3.63, 3.8) is 0 Å². The third kappa shape index (κ3) is 7.16. The van der Waals surface area contributed by atoms with Crippen molar-refractivity contribution in [2.24, 2.45) is 5.34 Å². The quantitative estimate of drug-likeness (QED) is 0.113. The number of hydrogen-bond acceptors (Lipinski definition) is 10.